The number of carbonyl (C=O) groups is 1. The molecule has 0 unspecified atom stereocenters. The van der Waals surface area contributed by atoms with E-state index in [1.807, 2.05) is 25.2 Å². The highest BCUT2D eigenvalue weighted by Crippen LogP contribution is 2.23. The molecule has 0 fully saturated rings. The number of rotatable bonds is 4. The van der Waals surface area contributed by atoms with Crippen LogP contribution in [0.1, 0.15) is 24.5 Å². The number of nitrogens with zero attached hydrogens (tertiary/aromatic N) is 1. The third-order valence-electron chi connectivity index (χ3n) is 3.46. The van der Waals surface area contributed by atoms with Crippen molar-refractivity contribution in [3.63, 3.8) is 0 Å². The Hall–Kier alpha value is -2.69. The first-order valence-corrected chi connectivity index (χ1v) is 6.92. The fourth-order valence-corrected chi connectivity index (χ4v) is 2.14. The Morgan fingerprint density at radius 3 is 2.77 bits per heavy atom. The highest BCUT2D eigenvalue weighted by atomic mass is 16.6. The van der Waals surface area contributed by atoms with E-state index in [9.17, 15) is 14.9 Å². The van der Waals surface area contributed by atoms with Crippen LogP contribution in [0.2, 0.25) is 0 Å². The molecule has 0 bridgehead atoms. The maximum Gasteiger partial charge on any atom is 0.331 e. The van der Waals surface area contributed by atoms with Crippen molar-refractivity contribution in [2.75, 3.05) is 0 Å². The van der Waals surface area contributed by atoms with Gasteiger partial charge in [-0.05, 0) is 31.4 Å². The zero-order valence-corrected chi connectivity index (χ0v) is 12.5. The van der Waals surface area contributed by atoms with Crippen LogP contribution in [0.15, 0.2) is 53.6 Å². The van der Waals surface area contributed by atoms with Gasteiger partial charge in [-0.25, -0.2) is 4.79 Å². The zero-order valence-electron chi connectivity index (χ0n) is 12.5. The zero-order chi connectivity index (χ0) is 16.1. The van der Waals surface area contributed by atoms with E-state index >= 15 is 0 Å². The van der Waals surface area contributed by atoms with Crippen molar-refractivity contribution in [2.24, 2.45) is 0 Å². The minimum Gasteiger partial charge on any atom is -0.457 e. The monoisotopic (exact) mass is 299 g/mol. The molecule has 0 N–H and O–H groups in total. The van der Waals surface area contributed by atoms with Crippen LogP contribution in [-0.2, 0) is 16.1 Å². The smallest absolute Gasteiger partial charge is 0.331 e. The van der Waals surface area contributed by atoms with Crippen molar-refractivity contribution in [1.82, 2.24) is 0 Å². The lowest BCUT2D eigenvalue weighted by Crippen LogP contribution is -2.06. The van der Waals surface area contributed by atoms with Gasteiger partial charge in [-0.3, -0.25) is 10.1 Å². The maximum absolute atomic E-state index is 11.8. The van der Waals surface area contributed by atoms with Crippen molar-refractivity contribution < 1.29 is 14.5 Å². The predicted octanol–water partition coefficient (Wildman–Crippen LogP) is 3.78. The van der Waals surface area contributed by atoms with E-state index in [0.717, 1.165) is 16.7 Å². The molecule has 114 valence electrons. The number of nitro groups is 1. The van der Waals surface area contributed by atoms with Gasteiger partial charge in [0.1, 0.15) is 6.61 Å². The number of esters is 1. The van der Waals surface area contributed by atoms with Crippen LogP contribution >= 0.6 is 0 Å². The second-order valence-corrected chi connectivity index (χ2v) is 5.14. The fourth-order valence-electron chi connectivity index (χ4n) is 2.14. The number of carbonyl (C=O) groups excluding carboxylic acids is 1. The molecule has 0 saturated carbocycles. The van der Waals surface area contributed by atoms with Gasteiger partial charge in [0.05, 0.1) is 10.5 Å². The number of benzene rings is 1. The first-order valence-electron chi connectivity index (χ1n) is 6.92. The molecule has 5 heteroatoms. The molecule has 0 saturated heterocycles. The second-order valence-electron chi connectivity index (χ2n) is 5.14. The number of allylic oxidation sites excluding steroid dienone is 5. The quantitative estimate of drug-likeness (QED) is 0.367. The Labute approximate surface area is 128 Å². The molecule has 0 heterocycles. The summed E-state index contributed by atoms with van der Waals surface area (Å²) >= 11 is 0. The van der Waals surface area contributed by atoms with Crippen molar-refractivity contribution >= 4 is 11.7 Å². The van der Waals surface area contributed by atoms with Crippen molar-refractivity contribution in [3.8, 4) is 0 Å². The van der Waals surface area contributed by atoms with Crippen LogP contribution in [0.5, 0.6) is 0 Å². The summed E-state index contributed by atoms with van der Waals surface area (Å²) in [6, 6.07) is 4.78. The number of hydrogen-bond acceptors (Lipinski definition) is 4. The highest BCUT2D eigenvalue weighted by molar-refractivity contribution is 5.83. The maximum atomic E-state index is 11.8. The van der Waals surface area contributed by atoms with Gasteiger partial charge in [0.15, 0.2) is 0 Å². The third-order valence-corrected chi connectivity index (χ3v) is 3.46. The standard InChI is InChI=1S/C17H17NO4/c1-12-6-8-14(9-7-12)10-17(19)22-11-15-13(2)4-3-5-16(15)18(20)21/h3-8,10H,9,11H2,1-2H3/b14-10-. The topological polar surface area (TPSA) is 69.4 Å². The summed E-state index contributed by atoms with van der Waals surface area (Å²) in [4.78, 5) is 22.4. The van der Waals surface area contributed by atoms with Crippen LogP contribution in [0, 0.1) is 17.0 Å². The normalized spacial score (nSPS) is 15.5. The number of hydrogen-bond donors (Lipinski definition) is 0. The van der Waals surface area contributed by atoms with Gasteiger partial charge in [-0.1, -0.05) is 35.9 Å². The van der Waals surface area contributed by atoms with Crippen LogP contribution in [0.4, 0.5) is 5.69 Å². The van der Waals surface area contributed by atoms with E-state index in [4.69, 9.17) is 4.74 Å². The molecule has 0 aliphatic heterocycles. The predicted molar refractivity (Wildman–Crippen MR) is 83.2 cm³/mol. The van der Waals surface area contributed by atoms with E-state index in [-0.39, 0.29) is 12.3 Å². The van der Waals surface area contributed by atoms with E-state index in [1.54, 1.807) is 19.1 Å². The first-order chi connectivity index (χ1) is 10.5. The van der Waals surface area contributed by atoms with E-state index < -0.39 is 10.9 Å². The average Bonchev–Trinajstić information content (AvgIpc) is 2.48. The summed E-state index contributed by atoms with van der Waals surface area (Å²) in [6.07, 6.45) is 7.92. The minimum atomic E-state index is -0.495. The van der Waals surface area contributed by atoms with Gasteiger partial charge in [0.25, 0.3) is 5.69 Å². The van der Waals surface area contributed by atoms with Crippen LogP contribution < -0.4 is 0 Å². The minimum absolute atomic E-state index is 0.0310. The van der Waals surface area contributed by atoms with Gasteiger partial charge < -0.3 is 4.74 Å². The number of aryl methyl sites for hydroxylation is 1. The first kappa shape index (κ1) is 15.7. The average molecular weight is 299 g/mol. The van der Waals surface area contributed by atoms with Gasteiger partial charge >= 0.3 is 5.97 Å². The van der Waals surface area contributed by atoms with E-state index in [1.165, 1.54) is 12.1 Å². The van der Waals surface area contributed by atoms with Gasteiger partial charge in [-0.2, -0.15) is 0 Å². The molecule has 0 amide bonds. The Morgan fingerprint density at radius 1 is 1.36 bits per heavy atom. The summed E-state index contributed by atoms with van der Waals surface area (Å²) in [5, 5.41) is 11.0. The van der Waals surface area contributed by atoms with Crippen LogP contribution in [0.25, 0.3) is 0 Å². The molecular weight excluding hydrogens is 282 g/mol. The third kappa shape index (κ3) is 3.91. The lowest BCUT2D eigenvalue weighted by atomic mass is 10.0. The molecule has 0 radical (unpaired) electrons. The van der Waals surface area contributed by atoms with E-state index in [0.29, 0.717) is 12.0 Å². The summed E-state index contributed by atoms with van der Waals surface area (Å²) in [7, 11) is 0. The molecule has 1 aromatic rings. The summed E-state index contributed by atoms with van der Waals surface area (Å²) in [5.41, 5.74) is 3.13. The fraction of sp³-hybridized carbons (Fsp3) is 0.235. The number of ether oxygens (including phenoxy) is 1. The Balaban J connectivity index is 2.05. The second kappa shape index (κ2) is 6.85. The number of nitro benzene ring substituents is 1. The molecule has 2 rings (SSSR count). The van der Waals surface area contributed by atoms with Gasteiger partial charge in [0.2, 0.25) is 0 Å². The lowest BCUT2D eigenvalue weighted by molar-refractivity contribution is -0.385. The molecule has 0 aromatic heterocycles. The summed E-state index contributed by atoms with van der Waals surface area (Å²) < 4.78 is 5.15. The molecule has 1 aromatic carbocycles. The lowest BCUT2D eigenvalue weighted by Gasteiger charge is -2.08. The molecule has 1 aliphatic carbocycles. The molecule has 22 heavy (non-hydrogen) atoms. The highest BCUT2D eigenvalue weighted by Gasteiger charge is 2.16. The largest absolute Gasteiger partial charge is 0.457 e. The Morgan fingerprint density at radius 2 is 2.14 bits per heavy atom. The van der Waals surface area contributed by atoms with Crippen molar-refractivity contribution in [3.05, 3.63) is 74.9 Å². The van der Waals surface area contributed by atoms with Crippen LogP contribution in [-0.4, -0.2) is 10.9 Å². The van der Waals surface area contributed by atoms with Crippen molar-refractivity contribution in [1.29, 1.82) is 0 Å². The van der Waals surface area contributed by atoms with Gasteiger partial charge in [-0.15, -0.1) is 0 Å². The molecule has 5 nitrogen and oxygen atoms in total. The van der Waals surface area contributed by atoms with Crippen LogP contribution in [0.3, 0.4) is 0 Å². The molecule has 0 spiro atoms. The SMILES string of the molecule is CC1=CC/C(=C\C(=O)OCc2c(C)cccc2[N+](=O)[O-])C=C1. The summed E-state index contributed by atoms with van der Waals surface area (Å²) in [5.74, 6) is -0.495. The van der Waals surface area contributed by atoms with E-state index in [2.05, 4.69) is 0 Å². The summed E-state index contributed by atoms with van der Waals surface area (Å²) in [6.45, 7) is 3.64. The Kier molecular flexibility index (Phi) is 4.88. The van der Waals surface area contributed by atoms with Gasteiger partial charge in [0, 0.05) is 12.1 Å². The molecule has 0 atom stereocenters. The molecule has 1 aliphatic rings. The Bertz CT molecular complexity index is 699. The molecular formula is C17H17NO4. The van der Waals surface area contributed by atoms with Crippen molar-refractivity contribution in [2.45, 2.75) is 26.9 Å².